The van der Waals surface area contributed by atoms with Gasteiger partial charge in [0.2, 0.25) is 11.7 Å². The summed E-state index contributed by atoms with van der Waals surface area (Å²) in [6, 6.07) is 5.94. The first kappa shape index (κ1) is 16.6. The molecular weight excluding hydrogens is 311 g/mol. The van der Waals surface area contributed by atoms with Gasteiger partial charge in [-0.15, -0.1) is 0 Å². The molecule has 2 fully saturated rings. The third-order valence-corrected chi connectivity index (χ3v) is 5.55. The summed E-state index contributed by atoms with van der Waals surface area (Å²) in [5.74, 6) is -2.92. The van der Waals surface area contributed by atoms with Crippen LogP contribution in [0.25, 0.3) is 0 Å². The van der Waals surface area contributed by atoms with Crippen LogP contribution in [0.5, 0.6) is 0 Å². The standard InChI is InChI=1S/C18H21FN2O3/c1-18(2)13-8-9-21(10-11-4-6-12(19)7-5-11)16(23)14(13)15(22)17(24)20(18)3/h4-7,13-14H,8-10H2,1-3H3. The van der Waals surface area contributed by atoms with Crippen LogP contribution in [0.2, 0.25) is 0 Å². The Morgan fingerprint density at radius 3 is 2.42 bits per heavy atom. The third kappa shape index (κ3) is 2.50. The molecular formula is C18H21FN2O3. The number of carbonyl (C=O) groups excluding carboxylic acids is 3. The SMILES string of the molecule is CN1C(=O)C(=O)C2C(=O)N(Cc3ccc(F)cc3)CCC2C1(C)C. The van der Waals surface area contributed by atoms with Gasteiger partial charge in [-0.25, -0.2) is 4.39 Å². The molecule has 2 aliphatic heterocycles. The summed E-state index contributed by atoms with van der Waals surface area (Å²) in [6.45, 7) is 4.64. The number of fused-ring (bicyclic) bond motifs is 1. The first-order chi connectivity index (χ1) is 11.2. The first-order valence-corrected chi connectivity index (χ1v) is 8.08. The second-order valence-corrected chi connectivity index (χ2v) is 7.14. The van der Waals surface area contributed by atoms with E-state index in [2.05, 4.69) is 0 Å². The van der Waals surface area contributed by atoms with Gasteiger partial charge in [-0.05, 0) is 38.0 Å². The molecule has 0 saturated carbocycles. The molecule has 3 rings (SSSR count). The largest absolute Gasteiger partial charge is 0.338 e. The van der Waals surface area contributed by atoms with E-state index in [9.17, 15) is 18.8 Å². The highest BCUT2D eigenvalue weighted by molar-refractivity contribution is 6.41. The minimum absolute atomic E-state index is 0.176. The maximum absolute atomic E-state index is 13.0. The highest BCUT2D eigenvalue weighted by Gasteiger charge is 2.56. The van der Waals surface area contributed by atoms with Crippen LogP contribution in [0.4, 0.5) is 4.39 Å². The van der Waals surface area contributed by atoms with E-state index in [0.717, 1.165) is 5.56 Å². The number of likely N-dealkylation sites (N-methyl/N-ethyl adjacent to an activating group) is 1. The number of carbonyl (C=O) groups is 3. The van der Waals surface area contributed by atoms with Crippen molar-refractivity contribution in [1.29, 1.82) is 0 Å². The molecule has 0 radical (unpaired) electrons. The zero-order valence-corrected chi connectivity index (χ0v) is 14.1. The maximum atomic E-state index is 13.0. The van der Waals surface area contributed by atoms with Crippen LogP contribution < -0.4 is 0 Å². The molecule has 0 spiro atoms. The number of nitrogens with zero attached hydrogens (tertiary/aromatic N) is 2. The molecule has 1 aromatic carbocycles. The number of piperidine rings is 2. The minimum Gasteiger partial charge on any atom is -0.338 e. The Morgan fingerprint density at radius 1 is 1.17 bits per heavy atom. The molecule has 0 bridgehead atoms. The molecule has 2 heterocycles. The monoisotopic (exact) mass is 332 g/mol. The normalized spacial score (nSPS) is 26.6. The Morgan fingerprint density at radius 2 is 1.79 bits per heavy atom. The molecule has 2 saturated heterocycles. The summed E-state index contributed by atoms with van der Waals surface area (Å²) < 4.78 is 13.0. The topological polar surface area (TPSA) is 57.7 Å². The van der Waals surface area contributed by atoms with E-state index in [1.54, 1.807) is 24.1 Å². The van der Waals surface area contributed by atoms with Gasteiger partial charge in [-0.3, -0.25) is 14.4 Å². The van der Waals surface area contributed by atoms with Gasteiger partial charge in [0.1, 0.15) is 11.7 Å². The lowest BCUT2D eigenvalue weighted by Gasteiger charge is -2.51. The smallest absolute Gasteiger partial charge is 0.291 e. The average molecular weight is 332 g/mol. The summed E-state index contributed by atoms with van der Waals surface area (Å²) in [7, 11) is 1.62. The van der Waals surface area contributed by atoms with Crippen molar-refractivity contribution in [3.63, 3.8) is 0 Å². The summed E-state index contributed by atoms with van der Waals surface area (Å²) in [5.41, 5.74) is 0.266. The molecule has 2 atom stereocenters. The Hall–Kier alpha value is -2.24. The van der Waals surface area contributed by atoms with Crippen LogP contribution in [0.15, 0.2) is 24.3 Å². The predicted octanol–water partition coefficient (Wildman–Crippen LogP) is 1.61. The quantitative estimate of drug-likeness (QED) is 0.611. The lowest BCUT2D eigenvalue weighted by atomic mass is 9.67. The zero-order chi connectivity index (χ0) is 17.6. The van der Waals surface area contributed by atoms with E-state index in [-0.39, 0.29) is 17.6 Å². The summed E-state index contributed by atoms with van der Waals surface area (Å²) in [4.78, 5) is 40.5. The average Bonchev–Trinajstić information content (AvgIpc) is 2.55. The van der Waals surface area contributed by atoms with Crippen molar-refractivity contribution in [2.75, 3.05) is 13.6 Å². The molecule has 5 nitrogen and oxygen atoms in total. The van der Waals surface area contributed by atoms with Crippen molar-refractivity contribution in [2.24, 2.45) is 11.8 Å². The molecule has 2 unspecified atom stereocenters. The van der Waals surface area contributed by atoms with Crippen molar-refractivity contribution in [1.82, 2.24) is 9.80 Å². The Kier molecular flexibility index (Phi) is 3.94. The number of benzene rings is 1. The Bertz CT molecular complexity index is 699. The van der Waals surface area contributed by atoms with Gasteiger partial charge in [0.15, 0.2) is 0 Å². The van der Waals surface area contributed by atoms with Crippen LogP contribution >= 0.6 is 0 Å². The van der Waals surface area contributed by atoms with E-state index < -0.39 is 23.1 Å². The van der Waals surface area contributed by atoms with Crippen molar-refractivity contribution in [3.05, 3.63) is 35.6 Å². The van der Waals surface area contributed by atoms with Crippen LogP contribution in [-0.2, 0) is 20.9 Å². The molecule has 1 aromatic rings. The molecule has 6 heteroatoms. The van der Waals surface area contributed by atoms with Crippen molar-refractivity contribution >= 4 is 17.6 Å². The Balaban J connectivity index is 1.85. The minimum atomic E-state index is -0.905. The van der Waals surface area contributed by atoms with E-state index >= 15 is 0 Å². The second-order valence-electron chi connectivity index (χ2n) is 7.14. The van der Waals surface area contributed by atoms with Crippen LogP contribution in [0.1, 0.15) is 25.8 Å². The van der Waals surface area contributed by atoms with Crippen LogP contribution in [-0.4, -0.2) is 46.5 Å². The fourth-order valence-electron chi connectivity index (χ4n) is 3.77. The van der Waals surface area contributed by atoms with Gasteiger partial charge in [0, 0.05) is 31.6 Å². The van der Waals surface area contributed by atoms with Crippen molar-refractivity contribution < 1.29 is 18.8 Å². The van der Waals surface area contributed by atoms with Gasteiger partial charge < -0.3 is 9.80 Å². The van der Waals surface area contributed by atoms with E-state index in [4.69, 9.17) is 0 Å². The van der Waals surface area contributed by atoms with Crippen LogP contribution in [0.3, 0.4) is 0 Å². The first-order valence-electron chi connectivity index (χ1n) is 8.08. The van der Waals surface area contributed by atoms with Crippen molar-refractivity contribution in [2.45, 2.75) is 32.4 Å². The third-order valence-electron chi connectivity index (χ3n) is 5.55. The van der Waals surface area contributed by atoms with E-state index in [1.807, 2.05) is 13.8 Å². The lowest BCUT2D eigenvalue weighted by Crippen LogP contribution is -2.66. The molecule has 24 heavy (non-hydrogen) atoms. The van der Waals surface area contributed by atoms with Gasteiger partial charge in [-0.1, -0.05) is 12.1 Å². The molecule has 2 amide bonds. The number of hydrogen-bond donors (Lipinski definition) is 0. The molecule has 2 aliphatic rings. The molecule has 0 N–H and O–H groups in total. The number of likely N-dealkylation sites (tertiary alicyclic amines) is 2. The molecule has 0 aliphatic carbocycles. The van der Waals surface area contributed by atoms with E-state index in [1.165, 1.54) is 17.0 Å². The van der Waals surface area contributed by atoms with Crippen LogP contribution in [0, 0.1) is 17.7 Å². The number of ketones is 1. The van der Waals surface area contributed by atoms with Gasteiger partial charge in [0.05, 0.1) is 0 Å². The summed E-state index contributed by atoms with van der Waals surface area (Å²) in [6.07, 6.45) is 0.661. The molecule has 128 valence electrons. The number of rotatable bonds is 2. The maximum Gasteiger partial charge on any atom is 0.291 e. The zero-order valence-electron chi connectivity index (χ0n) is 14.1. The Labute approximate surface area is 140 Å². The molecule has 0 aromatic heterocycles. The lowest BCUT2D eigenvalue weighted by molar-refractivity contribution is -0.169. The number of Topliss-reactive ketones (excluding diaryl/α,β-unsaturated/α-hetero) is 1. The number of amides is 2. The fourth-order valence-corrected chi connectivity index (χ4v) is 3.77. The highest BCUT2D eigenvalue weighted by atomic mass is 19.1. The van der Waals surface area contributed by atoms with Gasteiger partial charge in [0.25, 0.3) is 5.91 Å². The van der Waals surface area contributed by atoms with Gasteiger partial charge in [-0.2, -0.15) is 0 Å². The summed E-state index contributed by atoms with van der Waals surface area (Å²) >= 11 is 0. The number of hydrogen-bond acceptors (Lipinski definition) is 3. The highest BCUT2D eigenvalue weighted by Crippen LogP contribution is 2.41. The van der Waals surface area contributed by atoms with E-state index in [0.29, 0.717) is 19.5 Å². The predicted molar refractivity (Wildman–Crippen MR) is 85.3 cm³/mol. The second kappa shape index (κ2) is 5.69. The summed E-state index contributed by atoms with van der Waals surface area (Å²) in [5, 5.41) is 0. The van der Waals surface area contributed by atoms with Crippen molar-refractivity contribution in [3.8, 4) is 0 Å². The van der Waals surface area contributed by atoms with Gasteiger partial charge >= 0.3 is 0 Å². The number of halogens is 1. The fraction of sp³-hybridized carbons (Fsp3) is 0.500.